The molecule has 0 spiro atoms. The van der Waals surface area contributed by atoms with Crippen LogP contribution in [0.25, 0.3) is 0 Å². The molecule has 1 aliphatic rings. The zero-order valence-electron chi connectivity index (χ0n) is 7.36. The van der Waals surface area contributed by atoms with Crippen LogP contribution in [0.3, 0.4) is 0 Å². The Balaban J connectivity index is 2.45. The Bertz CT molecular complexity index is 294. The van der Waals surface area contributed by atoms with Crippen LogP contribution in [0.2, 0.25) is 0 Å². The number of carboxylic acid groups (broad SMARTS) is 1. The molecule has 5 nitrogen and oxygen atoms in total. The molecule has 1 rings (SSSR count). The van der Waals surface area contributed by atoms with Gasteiger partial charge in [0, 0.05) is 0 Å². The molecule has 0 aromatic carbocycles. The third kappa shape index (κ3) is 3.73. The van der Waals surface area contributed by atoms with Crippen LogP contribution < -0.4 is 4.72 Å². The predicted octanol–water partition coefficient (Wildman–Crippen LogP) is -0.211. The topological polar surface area (TPSA) is 83.5 Å². The maximum absolute atomic E-state index is 11.2. The molecular weight excluding hydrogens is 194 g/mol. The highest BCUT2D eigenvalue weighted by Gasteiger charge is 2.29. The molecule has 1 aliphatic carbocycles. The first-order chi connectivity index (χ1) is 5.91. The lowest BCUT2D eigenvalue weighted by Crippen LogP contribution is -2.39. The molecule has 6 heteroatoms. The van der Waals surface area contributed by atoms with E-state index in [0.29, 0.717) is 0 Å². The van der Waals surface area contributed by atoms with Gasteiger partial charge in [0.2, 0.25) is 10.0 Å². The minimum Gasteiger partial charge on any atom is -0.480 e. The van der Waals surface area contributed by atoms with Gasteiger partial charge in [-0.05, 0) is 25.7 Å². The number of nitrogens with one attached hydrogen (secondary N) is 1. The third-order valence-corrected chi connectivity index (χ3v) is 3.50. The smallest absolute Gasteiger partial charge is 0.321 e. The Kier molecular flexibility index (Phi) is 2.92. The highest BCUT2D eigenvalue weighted by Crippen LogP contribution is 2.29. The Morgan fingerprint density at radius 1 is 1.62 bits per heavy atom. The molecule has 2 N–H and O–H groups in total. The molecule has 0 aliphatic heterocycles. The number of hydrogen-bond acceptors (Lipinski definition) is 3. The van der Waals surface area contributed by atoms with Crippen molar-refractivity contribution in [2.75, 3.05) is 5.75 Å². The number of carboxylic acids is 1. The van der Waals surface area contributed by atoms with Crippen molar-refractivity contribution in [3.05, 3.63) is 0 Å². The molecule has 0 bridgehead atoms. The molecule has 1 atom stereocenters. The predicted molar refractivity (Wildman–Crippen MR) is 46.7 cm³/mol. The molecule has 0 amide bonds. The van der Waals surface area contributed by atoms with Gasteiger partial charge in [0.15, 0.2) is 0 Å². The van der Waals surface area contributed by atoms with Gasteiger partial charge in [0.25, 0.3) is 0 Å². The number of sulfonamides is 1. The van der Waals surface area contributed by atoms with Crippen molar-refractivity contribution in [2.45, 2.75) is 25.8 Å². The van der Waals surface area contributed by atoms with E-state index < -0.39 is 22.0 Å². The first-order valence-electron chi connectivity index (χ1n) is 4.13. The fraction of sp³-hybridized carbons (Fsp3) is 0.857. The van der Waals surface area contributed by atoms with E-state index in [1.54, 1.807) is 0 Å². The van der Waals surface area contributed by atoms with Gasteiger partial charge in [-0.2, -0.15) is 0 Å². The summed E-state index contributed by atoms with van der Waals surface area (Å²) in [6, 6.07) is -1.04. The molecule has 13 heavy (non-hydrogen) atoms. The summed E-state index contributed by atoms with van der Waals surface area (Å²) in [5.41, 5.74) is 0. The standard InChI is InChI=1S/C7H13NO4S/c1-5(7(9)10)8-13(11,12)4-6-2-3-6/h5-6,8H,2-4H2,1H3,(H,9,10)/t5-/m0/s1. The van der Waals surface area contributed by atoms with Gasteiger partial charge >= 0.3 is 5.97 Å². The number of rotatable bonds is 5. The summed E-state index contributed by atoms with van der Waals surface area (Å²) in [6.07, 6.45) is 1.87. The SMILES string of the molecule is C[C@H](NS(=O)(=O)CC1CC1)C(=O)O. The zero-order valence-corrected chi connectivity index (χ0v) is 8.17. The molecule has 76 valence electrons. The highest BCUT2D eigenvalue weighted by atomic mass is 32.2. The molecule has 0 aromatic heterocycles. The summed E-state index contributed by atoms with van der Waals surface area (Å²) in [6.45, 7) is 1.31. The van der Waals surface area contributed by atoms with E-state index in [-0.39, 0.29) is 11.7 Å². The summed E-state index contributed by atoms with van der Waals surface area (Å²) in [7, 11) is -3.39. The van der Waals surface area contributed by atoms with Crippen molar-refractivity contribution in [1.82, 2.24) is 4.72 Å². The van der Waals surface area contributed by atoms with Gasteiger partial charge in [-0.3, -0.25) is 4.79 Å². The second-order valence-electron chi connectivity index (χ2n) is 3.40. The molecular formula is C7H13NO4S. The largest absolute Gasteiger partial charge is 0.480 e. The molecule has 1 fully saturated rings. The normalized spacial score (nSPS) is 19.8. The summed E-state index contributed by atoms with van der Waals surface area (Å²) < 4.78 is 24.5. The number of aliphatic carboxylic acids is 1. The first kappa shape index (κ1) is 10.5. The van der Waals surface area contributed by atoms with Gasteiger partial charge in [-0.25, -0.2) is 13.1 Å². The molecule has 0 unspecified atom stereocenters. The minimum absolute atomic E-state index is 0.0601. The molecule has 0 saturated heterocycles. The van der Waals surface area contributed by atoms with Crippen molar-refractivity contribution < 1.29 is 18.3 Å². The second kappa shape index (κ2) is 3.63. The number of hydrogen-bond donors (Lipinski definition) is 2. The zero-order chi connectivity index (χ0) is 10.1. The summed E-state index contributed by atoms with van der Waals surface area (Å²) >= 11 is 0. The average molecular weight is 207 g/mol. The summed E-state index contributed by atoms with van der Waals surface area (Å²) in [5.74, 6) is -0.859. The van der Waals surface area contributed by atoms with E-state index in [0.717, 1.165) is 12.8 Å². The Morgan fingerprint density at radius 2 is 2.15 bits per heavy atom. The maximum Gasteiger partial charge on any atom is 0.321 e. The van der Waals surface area contributed by atoms with Crippen LogP contribution in [-0.4, -0.2) is 31.3 Å². The van der Waals surface area contributed by atoms with E-state index in [2.05, 4.69) is 4.72 Å². The van der Waals surface area contributed by atoms with Crippen molar-refractivity contribution in [1.29, 1.82) is 0 Å². The Labute approximate surface area is 77.2 Å². The van der Waals surface area contributed by atoms with Crippen LogP contribution in [-0.2, 0) is 14.8 Å². The quantitative estimate of drug-likeness (QED) is 0.653. The fourth-order valence-corrected chi connectivity index (χ4v) is 2.65. The highest BCUT2D eigenvalue weighted by molar-refractivity contribution is 7.89. The lowest BCUT2D eigenvalue weighted by molar-refractivity contribution is -0.138. The van der Waals surface area contributed by atoms with E-state index >= 15 is 0 Å². The van der Waals surface area contributed by atoms with Crippen LogP contribution in [0, 0.1) is 5.92 Å². The van der Waals surface area contributed by atoms with Crippen molar-refractivity contribution in [2.24, 2.45) is 5.92 Å². The first-order valence-corrected chi connectivity index (χ1v) is 5.79. The van der Waals surface area contributed by atoms with Crippen molar-refractivity contribution in [3.8, 4) is 0 Å². The molecule has 0 heterocycles. The van der Waals surface area contributed by atoms with Gasteiger partial charge in [-0.1, -0.05) is 0 Å². The van der Waals surface area contributed by atoms with Crippen LogP contribution in [0.4, 0.5) is 0 Å². The lowest BCUT2D eigenvalue weighted by atomic mass is 10.4. The van der Waals surface area contributed by atoms with Gasteiger partial charge < -0.3 is 5.11 Å². The molecule has 0 radical (unpaired) electrons. The molecule has 0 aromatic rings. The Hall–Kier alpha value is -0.620. The summed E-state index contributed by atoms with van der Waals surface area (Å²) in [5, 5.41) is 8.47. The minimum atomic E-state index is -3.39. The van der Waals surface area contributed by atoms with Crippen LogP contribution >= 0.6 is 0 Å². The monoisotopic (exact) mass is 207 g/mol. The third-order valence-electron chi connectivity index (χ3n) is 1.88. The van der Waals surface area contributed by atoms with E-state index in [1.165, 1.54) is 6.92 Å². The van der Waals surface area contributed by atoms with Gasteiger partial charge in [0.1, 0.15) is 6.04 Å². The van der Waals surface area contributed by atoms with E-state index in [4.69, 9.17) is 5.11 Å². The number of carbonyl (C=O) groups is 1. The van der Waals surface area contributed by atoms with Crippen LogP contribution in [0.5, 0.6) is 0 Å². The van der Waals surface area contributed by atoms with Crippen molar-refractivity contribution >= 4 is 16.0 Å². The average Bonchev–Trinajstić information content (AvgIpc) is 2.69. The fourth-order valence-electron chi connectivity index (χ4n) is 0.963. The maximum atomic E-state index is 11.2. The van der Waals surface area contributed by atoms with Gasteiger partial charge in [0.05, 0.1) is 5.75 Å². The van der Waals surface area contributed by atoms with Crippen LogP contribution in [0.15, 0.2) is 0 Å². The van der Waals surface area contributed by atoms with E-state index in [1.807, 2.05) is 0 Å². The van der Waals surface area contributed by atoms with Gasteiger partial charge in [-0.15, -0.1) is 0 Å². The molecule has 1 saturated carbocycles. The second-order valence-corrected chi connectivity index (χ2v) is 5.20. The van der Waals surface area contributed by atoms with Crippen molar-refractivity contribution in [3.63, 3.8) is 0 Å². The van der Waals surface area contributed by atoms with E-state index in [9.17, 15) is 13.2 Å². The summed E-state index contributed by atoms with van der Waals surface area (Å²) in [4.78, 5) is 10.4. The lowest BCUT2D eigenvalue weighted by Gasteiger charge is -2.08. The Morgan fingerprint density at radius 3 is 2.54 bits per heavy atom. The van der Waals surface area contributed by atoms with Crippen LogP contribution in [0.1, 0.15) is 19.8 Å².